The number of carbonyl (C=O) groups excluding carboxylic acids is 3. The van der Waals surface area contributed by atoms with Gasteiger partial charge in [0.2, 0.25) is 0 Å². The van der Waals surface area contributed by atoms with E-state index in [1.807, 2.05) is 0 Å². The molecule has 0 unspecified atom stereocenters. The molecule has 0 spiro atoms. The van der Waals surface area contributed by atoms with Crippen molar-refractivity contribution in [3.8, 4) is 0 Å². The Kier molecular flexibility index (Phi) is 2.16. The average molecular weight is 269 g/mol. The number of rotatable bonds is 1. The van der Waals surface area contributed by atoms with Crippen LogP contribution in [0.4, 0.5) is 0 Å². The summed E-state index contributed by atoms with van der Waals surface area (Å²) in [6, 6.07) is 6.40. The summed E-state index contributed by atoms with van der Waals surface area (Å²) < 4.78 is 5.15. The van der Waals surface area contributed by atoms with Crippen LogP contribution in [0, 0.1) is 5.92 Å². The van der Waals surface area contributed by atoms with Crippen molar-refractivity contribution in [2.45, 2.75) is 18.6 Å². The Bertz CT molecular complexity index is 643. The van der Waals surface area contributed by atoms with Crippen molar-refractivity contribution < 1.29 is 19.1 Å². The van der Waals surface area contributed by atoms with Gasteiger partial charge in [-0.1, -0.05) is 18.2 Å². The molecule has 3 atom stereocenters. The first kappa shape index (κ1) is 11.4. The predicted octanol–water partition coefficient (Wildman–Crippen LogP) is 1.15. The maximum atomic E-state index is 12.4. The van der Waals surface area contributed by atoms with Crippen LogP contribution in [-0.2, 0) is 9.53 Å². The van der Waals surface area contributed by atoms with Crippen molar-refractivity contribution in [2.24, 2.45) is 5.92 Å². The number of carbonyl (C=O) groups is 3. The molecule has 0 aromatic heterocycles. The Balaban J connectivity index is 1.72. The Morgan fingerprint density at radius 3 is 2.30 bits per heavy atom. The maximum absolute atomic E-state index is 12.4. The third kappa shape index (κ3) is 1.35. The first-order chi connectivity index (χ1) is 9.66. The molecular formula is C15H11NO4. The number of hydrogen-bond donors (Lipinski definition) is 0. The van der Waals surface area contributed by atoms with Crippen LogP contribution in [0.25, 0.3) is 0 Å². The van der Waals surface area contributed by atoms with E-state index >= 15 is 0 Å². The molecule has 1 saturated heterocycles. The summed E-state index contributed by atoms with van der Waals surface area (Å²) >= 11 is 0. The molecule has 0 saturated carbocycles. The van der Waals surface area contributed by atoms with Crippen LogP contribution < -0.4 is 0 Å². The molecule has 0 N–H and O–H groups in total. The molecule has 2 aliphatic heterocycles. The minimum atomic E-state index is -0.390. The summed E-state index contributed by atoms with van der Waals surface area (Å²) in [5, 5.41) is 0. The highest BCUT2D eigenvalue weighted by atomic mass is 16.5. The minimum Gasteiger partial charge on any atom is -0.458 e. The molecule has 20 heavy (non-hydrogen) atoms. The number of imide groups is 1. The molecule has 1 aromatic carbocycles. The molecule has 0 bridgehead atoms. The molecule has 1 aromatic rings. The van der Waals surface area contributed by atoms with E-state index in [9.17, 15) is 14.4 Å². The molecule has 3 aliphatic rings. The van der Waals surface area contributed by atoms with E-state index < -0.39 is 0 Å². The lowest BCUT2D eigenvalue weighted by Crippen LogP contribution is -2.42. The van der Waals surface area contributed by atoms with Gasteiger partial charge in [0.25, 0.3) is 11.8 Å². The zero-order valence-corrected chi connectivity index (χ0v) is 10.5. The number of ether oxygens (including phenoxy) is 1. The fraction of sp³-hybridized carbons (Fsp3) is 0.267. The summed E-state index contributed by atoms with van der Waals surface area (Å²) in [6.45, 7) is 0. The number of nitrogens with zero attached hydrogens (tertiary/aromatic N) is 1. The number of amides is 2. The number of fused-ring (bicyclic) bond motifs is 2. The van der Waals surface area contributed by atoms with Gasteiger partial charge in [0, 0.05) is 5.92 Å². The monoisotopic (exact) mass is 269 g/mol. The molecule has 2 amide bonds. The van der Waals surface area contributed by atoms with E-state index in [4.69, 9.17) is 4.74 Å². The highest BCUT2D eigenvalue weighted by Gasteiger charge is 2.49. The lowest BCUT2D eigenvalue weighted by molar-refractivity contribution is -0.140. The zero-order chi connectivity index (χ0) is 13.9. The van der Waals surface area contributed by atoms with Crippen LogP contribution in [0.15, 0.2) is 36.4 Å². The fourth-order valence-corrected chi connectivity index (χ4v) is 3.22. The van der Waals surface area contributed by atoms with Crippen LogP contribution in [-0.4, -0.2) is 34.8 Å². The van der Waals surface area contributed by atoms with Crippen molar-refractivity contribution in [1.29, 1.82) is 0 Å². The third-order valence-corrected chi connectivity index (χ3v) is 4.15. The number of esters is 1. The first-order valence-electron chi connectivity index (χ1n) is 6.51. The molecule has 5 heteroatoms. The lowest BCUT2D eigenvalue weighted by Gasteiger charge is -2.25. The van der Waals surface area contributed by atoms with Crippen molar-refractivity contribution in [3.63, 3.8) is 0 Å². The van der Waals surface area contributed by atoms with Gasteiger partial charge in [0.1, 0.15) is 6.10 Å². The van der Waals surface area contributed by atoms with Gasteiger partial charge >= 0.3 is 5.97 Å². The topological polar surface area (TPSA) is 63.7 Å². The predicted molar refractivity (Wildman–Crippen MR) is 67.9 cm³/mol. The number of benzene rings is 1. The summed E-state index contributed by atoms with van der Waals surface area (Å²) in [5.41, 5.74) is 0.860. The molecular weight excluding hydrogens is 258 g/mol. The Morgan fingerprint density at radius 2 is 1.65 bits per heavy atom. The lowest BCUT2D eigenvalue weighted by atomic mass is 9.98. The van der Waals surface area contributed by atoms with Crippen molar-refractivity contribution in [1.82, 2.24) is 4.90 Å². The summed E-state index contributed by atoms with van der Waals surface area (Å²) in [5.74, 6) is -1.00. The fourth-order valence-electron chi connectivity index (χ4n) is 3.22. The second kappa shape index (κ2) is 3.79. The first-order valence-corrected chi connectivity index (χ1v) is 6.51. The van der Waals surface area contributed by atoms with Crippen LogP contribution in [0.3, 0.4) is 0 Å². The summed E-state index contributed by atoms with van der Waals surface area (Å²) in [4.78, 5) is 37.4. The van der Waals surface area contributed by atoms with Gasteiger partial charge in [0.15, 0.2) is 0 Å². The Morgan fingerprint density at radius 1 is 1.00 bits per heavy atom. The zero-order valence-electron chi connectivity index (χ0n) is 10.5. The second-order valence-corrected chi connectivity index (χ2v) is 5.22. The van der Waals surface area contributed by atoms with Gasteiger partial charge in [0.05, 0.1) is 23.6 Å². The van der Waals surface area contributed by atoms with Gasteiger partial charge in [-0.3, -0.25) is 19.3 Å². The van der Waals surface area contributed by atoms with Crippen LogP contribution >= 0.6 is 0 Å². The van der Waals surface area contributed by atoms with E-state index in [0.29, 0.717) is 11.1 Å². The van der Waals surface area contributed by atoms with E-state index in [1.54, 1.807) is 36.4 Å². The Labute approximate surface area is 114 Å². The van der Waals surface area contributed by atoms with Crippen molar-refractivity contribution >= 4 is 17.8 Å². The Hall–Kier alpha value is -2.43. The molecule has 4 rings (SSSR count). The smallest absolute Gasteiger partial charge is 0.306 e. The standard InChI is InChI=1S/C15H11NO4/c17-13-7-10-11(5-6-12(10)20-13)16-14(18)8-3-1-2-4-9(8)15(16)19/h1-6,10-12H,7H2/t10-,11+,12+/m1/s1. The normalized spacial score (nSPS) is 30.7. The van der Waals surface area contributed by atoms with E-state index in [2.05, 4.69) is 0 Å². The van der Waals surface area contributed by atoms with Gasteiger partial charge in [-0.2, -0.15) is 0 Å². The van der Waals surface area contributed by atoms with Gasteiger partial charge in [-0.05, 0) is 18.2 Å². The molecule has 5 nitrogen and oxygen atoms in total. The third-order valence-electron chi connectivity index (χ3n) is 4.15. The second-order valence-electron chi connectivity index (χ2n) is 5.22. The summed E-state index contributed by atoms with van der Waals surface area (Å²) in [7, 11) is 0. The van der Waals surface area contributed by atoms with E-state index in [1.165, 1.54) is 4.90 Å². The van der Waals surface area contributed by atoms with E-state index in [-0.39, 0.29) is 42.3 Å². The highest BCUT2D eigenvalue weighted by molar-refractivity contribution is 6.21. The van der Waals surface area contributed by atoms with Gasteiger partial charge in [-0.15, -0.1) is 0 Å². The van der Waals surface area contributed by atoms with Crippen LogP contribution in [0.2, 0.25) is 0 Å². The molecule has 2 heterocycles. The molecule has 1 fully saturated rings. The largest absolute Gasteiger partial charge is 0.458 e. The minimum absolute atomic E-state index is 0.148. The summed E-state index contributed by atoms with van der Waals surface area (Å²) in [6.07, 6.45) is 3.50. The van der Waals surface area contributed by atoms with Gasteiger partial charge < -0.3 is 4.74 Å². The maximum Gasteiger partial charge on any atom is 0.306 e. The van der Waals surface area contributed by atoms with Crippen molar-refractivity contribution in [3.05, 3.63) is 47.5 Å². The van der Waals surface area contributed by atoms with Crippen LogP contribution in [0.5, 0.6) is 0 Å². The van der Waals surface area contributed by atoms with Crippen LogP contribution in [0.1, 0.15) is 27.1 Å². The average Bonchev–Trinajstić information content (AvgIpc) is 3.05. The quantitative estimate of drug-likeness (QED) is 0.436. The molecule has 0 radical (unpaired) electrons. The number of hydrogen-bond acceptors (Lipinski definition) is 4. The van der Waals surface area contributed by atoms with E-state index in [0.717, 1.165) is 0 Å². The molecule has 1 aliphatic carbocycles. The SMILES string of the molecule is O=C1C[C@H]2[C@H](C=C[C@@H]2N2C(=O)c3ccccc3C2=O)O1. The van der Waals surface area contributed by atoms with Crippen molar-refractivity contribution in [2.75, 3.05) is 0 Å². The highest BCUT2D eigenvalue weighted by Crippen LogP contribution is 2.38. The molecule has 100 valence electrons. The van der Waals surface area contributed by atoms with Gasteiger partial charge in [-0.25, -0.2) is 0 Å².